The van der Waals surface area contributed by atoms with Crippen LogP contribution < -0.4 is 11.1 Å². The maximum Gasteiger partial charge on any atom is 0.251 e. The van der Waals surface area contributed by atoms with E-state index in [0.29, 0.717) is 12.1 Å². The van der Waals surface area contributed by atoms with E-state index >= 15 is 0 Å². The molecule has 1 aliphatic heterocycles. The van der Waals surface area contributed by atoms with Gasteiger partial charge < -0.3 is 16.0 Å². The van der Waals surface area contributed by atoms with Crippen LogP contribution in [0.2, 0.25) is 0 Å². The van der Waals surface area contributed by atoms with Crippen LogP contribution in [0.3, 0.4) is 0 Å². The van der Waals surface area contributed by atoms with Crippen LogP contribution in [-0.2, 0) is 6.54 Å². The normalized spacial score (nSPS) is 16.0. The molecule has 126 valence electrons. The Kier molecular flexibility index (Phi) is 5.62. The molecule has 4 nitrogen and oxygen atoms in total. The van der Waals surface area contributed by atoms with Crippen molar-refractivity contribution in [1.82, 2.24) is 10.2 Å². The lowest BCUT2D eigenvalue weighted by Gasteiger charge is -2.25. The SMILES string of the molecule is NCc1ccc(C(=O)NC(CN2CCCC2)c2ccccc2)cc1. The van der Waals surface area contributed by atoms with Crippen LogP contribution in [0, 0.1) is 0 Å². The van der Waals surface area contributed by atoms with E-state index in [1.54, 1.807) is 0 Å². The van der Waals surface area contributed by atoms with Gasteiger partial charge in [-0.3, -0.25) is 4.79 Å². The average molecular weight is 323 g/mol. The molecular weight excluding hydrogens is 298 g/mol. The van der Waals surface area contributed by atoms with Crippen LogP contribution in [0.1, 0.15) is 40.4 Å². The highest BCUT2D eigenvalue weighted by atomic mass is 16.1. The van der Waals surface area contributed by atoms with E-state index in [1.807, 2.05) is 42.5 Å². The Bertz CT molecular complexity index is 648. The number of amides is 1. The topological polar surface area (TPSA) is 58.4 Å². The van der Waals surface area contributed by atoms with Crippen molar-refractivity contribution in [3.05, 3.63) is 71.3 Å². The molecule has 1 amide bonds. The lowest BCUT2D eigenvalue weighted by molar-refractivity contribution is 0.0927. The van der Waals surface area contributed by atoms with Gasteiger partial charge in [0.15, 0.2) is 0 Å². The summed E-state index contributed by atoms with van der Waals surface area (Å²) in [5.74, 6) is -0.0355. The molecule has 1 atom stereocenters. The minimum atomic E-state index is -0.0355. The van der Waals surface area contributed by atoms with Crippen molar-refractivity contribution >= 4 is 5.91 Å². The molecule has 0 aromatic heterocycles. The molecule has 2 aromatic rings. The second kappa shape index (κ2) is 8.08. The van der Waals surface area contributed by atoms with E-state index in [1.165, 1.54) is 12.8 Å². The molecule has 1 heterocycles. The van der Waals surface area contributed by atoms with Gasteiger partial charge in [-0.2, -0.15) is 0 Å². The highest BCUT2D eigenvalue weighted by Crippen LogP contribution is 2.18. The van der Waals surface area contributed by atoms with Gasteiger partial charge in [-0.15, -0.1) is 0 Å². The quantitative estimate of drug-likeness (QED) is 0.859. The molecule has 3 rings (SSSR count). The third kappa shape index (κ3) is 4.22. The lowest BCUT2D eigenvalue weighted by atomic mass is 10.1. The second-order valence-electron chi connectivity index (χ2n) is 6.35. The molecule has 24 heavy (non-hydrogen) atoms. The van der Waals surface area contributed by atoms with E-state index in [0.717, 1.165) is 30.8 Å². The molecule has 1 unspecified atom stereocenters. The zero-order valence-corrected chi connectivity index (χ0v) is 13.9. The number of nitrogens with two attached hydrogens (primary N) is 1. The van der Waals surface area contributed by atoms with Gasteiger partial charge in [0, 0.05) is 18.7 Å². The maximum atomic E-state index is 12.6. The maximum absolute atomic E-state index is 12.6. The Morgan fingerprint density at radius 2 is 1.71 bits per heavy atom. The van der Waals surface area contributed by atoms with Gasteiger partial charge in [0.2, 0.25) is 0 Å². The minimum Gasteiger partial charge on any atom is -0.344 e. The van der Waals surface area contributed by atoms with Crippen molar-refractivity contribution in [2.24, 2.45) is 5.73 Å². The van der Waals surface area contributed by atoms with Gasteiger partial charge >= 0.3 is 0 Å². The molecule has 0 aliphatic carbocycles. The highest BCUT2D eigenvalue weighted by molar-refractivity contribution is 5.94. The summed E-state index contributed by atoms with van der Waals surface area (Å²) in [4.78, 5) is 15.1. The van der Waals surface area contributed by atoms with Gasteiger partial charge in [-0.1, -0.05) is 42.5 Å². The molecule has 2 aromatic carbocycles. The molecule has 4 heteroatoms. The fraction of sp³-hybridized carbons (Fsp3) is 0.350. The van der Waals surface area contributed by atoms with Crippen LogP contribution in [0.25, 0.3) is 0 Å². The van der Waals surface area contributed by atoms with Gasteiger partial charge in [-0.25, -0.2) is 0 Å². The summed E-state index contributed by atoms with van der Waals surface area (Å²) in [6.45, 7) is 3.58. The monoisotopic (exact) mass is 323 g/mol. The number of carbonyl (C=O) groups excluding carboxylic acids is 1. The molecule has 1 saturated heterocycles. The van der Waals surface area contributed by atoms with Crippen LogP contribution in [0.15, 0.2) is 54.6 Å². The van der Waals surface area contributed by atoms with Gasteiger partial charge in [0.25, 0.3) is 5.91 Å². The Morgan fingerprint density at radius 1 is 1.04 bits per heavy atom. The Morgan fingerprint density at radius 3 is 2.33 bits per heavy atom. The first kappa shape index (κ1) is 16.7. The fourth-order valence-corrected chi connectivity index (χ4v) is 3.18. The Balaban J connectivity index is 1.73. The standard InChI is InChI=1S/C20H25N3O/c21-14-16-8-10-18(11-9-16)20(24)22-19(15-23-12-4-5-13-23)17-6-2-1-3-7-17/h1-3,6-11,19H,4-5,12-15,21H2,(H,22,24). The first-order chi connectivity index (χ1) is 11.8. The van der Waals surface area contributed by atoms with Crippen molar-refractivity contribution in [3.8, 4) is 0 Å². The summed E-state index contributed by atoms with van der Waals surface area (Å²) < 4.78 is 0. The molecule has 0 bridgehead atoms. The van der Waals surface area contributed by atoms with Crippen molar-refractivity contribution < 1.29 is 4.79 Å². The van der Waals surface area contributed by atoms with E-state index in [9.17, 15) is 4.79 Å². The largest absolute Gasteiger partial charge is 0.344 e. The molecule has 0 saturated carbocycles. The van der Waals surface area contributed by atoms with Crippen LogP contribution >= 0.6 is 0 Å². The van der Waals surface area contributed by atoms with Crippen molar-refractivity contribution in [2.75, 3.05) is 19.6 Å². The summed E-state index contributed by atoms with van der Waals surface area (Å²) in [5.41, 5.74) is 8.47. The summed E-state index contributed by atoms with van der Waals surface area (Å²) in [7, 11) is 0. The number of benzene rings is 2. The number of likely N-dealkylation sites (tertiary alicyclic amines) is 1. The number of nitrogens with zero attached hydrogens (tertiary/aromatic N) is 1. The zero-order valence-electron chi connectivity index (χ0n) is 13.9. The van der Waals surface area contributed by atoms with Crippen molar-refractivity contribution in [3.63, 3.8) is 0 Å². The second-order valence-corrected chi connectivity index (χ2v) is 6.35. The number of hydrogen-bond acceptors (Lipinski definition) is 3. The minimum absolute atomic E-state index is 0.00554. The first-order valence-electron chi connectivity index (χ1n) is 8.63. The summed E-state index contributed by atoms with van der Waals surface area (Å²) in [6, 6.07) is 17.7. The van der Waals surface area contributed by atoms with Gasteiger partial charge in [0.1, 0.15) is 0 Å². The smallest absolute Gasteiger partial charge is 0.251 e. The molecule has 0 radical (unpaired) electrons. The molecule has 1 fully saturated rings. The predicted molar refractivity (Wildman–Crippen MR) is 96.7 cm³/mol. The first-order valence-corrected chi connectivity index (χ1v) is 8.63. The predicted octanol–water partition coefficient (Wildman–Crippen LogP) is 2.71. The third-order valence-corrected chi connectivity index (χ3v) is 4.60. The van der Waals surface area contributed by atoms with Crippen LogP contribution in [0.5, 0.6) is 0 Å². The summed E-state index contributed by atoms with van der Waals surface area (Å²) >= 11 is 0. The Hall–Kier alpha value is -2.17. The number of rotatable bonds is 6. The third-order valence-electron chi connectivity index (χ3n) is 4.60. The summed E-state index contributed by atoms with van der Waals surface area (Å²) in [5, 5.41) is 3.20. The van der Waals surface area contributed by atoms with E-state index in [-0.39, 0.29) is 11.9 Å². The Labute approximate surface area is 143 Å². The van der Waals surface area contributed by atoms with Crippen LogP contribution in [-0.4, -0.2) is 30.4 Å². The van der Waals surface area contributed by atoms with Crippen LogP contribution in [0.4, 0.5) is 0 Å². The number of nitrogens with one attached hydrogen (secondary N) is 1. The summed E-state index contributed by atoms with van der Waals surface area (Å²) in [6.07, 6.45) is 2.49. The van der Waals surface area contributed by atoms with Crippen molar-refractivity contribution in [1.29, 1.82) is 0 Å². The molecule has 1 aliphatic rings. The number of hydrogen-bond donors (Lipinski definition) is 2. The molecule has 0 spiro atoms. The van der Waals surface area contributed by atoms with E-state index in [2.05, 4.69) is 22.3 Å². The fourth-order valence-electron chi connectivity index (χ4n) is 3.18. The highest BCUT2D eigenvalue weighted by Gasteiger charge is 2.21. The zero-order chi connectivity index (χ0) is 16.8. The van der Waals surface area contributed by atoms with E-state index in [4.69, 9.17) is 5.73 Å². The van der Waals surface area contributed by atoms with Crippen molar-refractivity contribution in [2.45, 2.75) is 25.4 Å². The molecular formula is C20H25N3O. The lowest BCUT2D eigenvalue weighted by Crippen LogP contribution is -2.37. The molecule has 3 N–H and O–H groups in total. The number of carbonyl (C=O) groups is 1. The van der Waals surface area contributed by atoms with Gasteiger partial charge in [0.05, 0.1) is 6.04 Å². The van der Waals surface area contributed by atoms with E-state index < -0.39 is 0 Å². The average Bonchev–Trinajstić information content (AvgIpc) is 3.15. The van der Waals surface area contributed by atoms with Gasteiger partial charge in [-0.05, 0) is 49.2 Å².